The van der Waals surface area contributed by atoms with Crippen LogP contribution in [0.3, 0.4) is 0 Å². The lowest BCUT2D eigenvalue weighted by Gasteiger charge is -2.18. The summed E-state index contributed by atoms with van der Waals surface area (Å²) in [6, 6.07) is 38.5. The van der Waals surface area contributed by atoms with Crippen LogP contribution in [-0.2, 0) is 22.3 Å². The summed E-state index contributed by atoms with van der Waals surface area (Å²) in [6.07, 6.45) is 3.80. The van der Waals surface area contributed by atoms with Crippen molar-refractivity contribution in [2.45, 2.75) is 11.3 Å². The number of amides is 1. The summed E-state index contributed by atoms with van der Waals surface area (Å²) < 4.78 is 18.8. The minimum Gasteiger partial charge on any atom is -0.397 e. The lowest BCUT2D eigenvalue weighted by molar-refractivity contribution is -0.117. The molecule has 7 nitrogen and oxygen atoms in total. The number of nitrogens with zero attached hydrogens (tertiary/aromatic N) is 3. The Morgan fingerprint density at radius 1 is 0.822 bits per heavy atom. The molecule has 0 radical (unpaired) electrons. The number of hydrogen-bond donors (Lipinski definition) is 1. The highest BCUT2D eigenvalue weighted by Crippen LogP contribution is 2.41. The van der Waals surface area contributed by atoms with E-state index < -0.39 is 11.1 Å². The van der Waals surface area contributed by atoms with Gasteiger partial charge in [0.05, 0.1) is 11.3 Å². The highest BCUT2D eigenvalue weighted by molar-refractivity contribution is 7.80. The first-order valence-electron chi connectivity index (χ1n) is 14.5. The standard InChI is InChI=1S/C37H28N4O3S/c1-41(34(42)22-27-12-8-9-21-38-27)28-17-15-25(16-18-28)32-24-39-37-36(35(32)26-10-4-2-5-11-26)31-23-29(19-20-33(31)40-37)44-45(43)30-13-6-3-7-14-30/h2-21,23-24H,22H2,1H3,(H,39,40). The van der Waals surface area contributed by atoms with Crippen molar-refractivity contribution >= 4 is 44.6 Å². The first kappa shape index (κ1) is 28.2. The SMILES string of the molecule is CN(C(=O)Cc1ccccn1)c1ccc(-c2cnc3[nH]c4ccc(OS(=O)c5ccccc5)cc4c3c2-c2ccccc2)cc1. The van der Waals surface area contributed by atoms with Crippen molar-refractivity contribution < 1.29 is 13.2 Å². The number of aromatic amines is 1. The van der Waals surface area contributed by atoms with Crippen LogP contribution in [0.1, 0.15) is 5.69 Å². The van der Waals surface area contributed by atoms with E-state index in [-0.39, 0.29) is 12.3 Å². The number of fused-ring (bicyclic) bond motifs is 3. The maximum Gasteiger partial charge on any atom is 0.240 e. The average molecular weight is 609 g/mol. The van der Waals surface area contributed by atoms with Crippen molar-refractivity contribution in [2.75, 3.05) is 11.9 Å². The van der Waals surface area contributed by atoms with E-state index in [1.54, 1.807) is 30.3 Å². The van der Waals surface area contributed by atoms with Crippen LogP contribution in [-0.4, -0.2) is 32.1 Å². The molecule has 0 aliphatic heterocycles. The minimum atomic E-state index is -1.65. The number of likely N-dealkylation sites (N-methyl/N-ethyl adjacent to an activating group) is 1. The molecule has 220 valence electrons. The third-order valence-corrected chi connectivity index (χ3v) is 8.76. The number of aromatic nitrogens is 3. The van der Waals surface area contributed by atoms with Crippen molar-refractivity contribution in [3.05, 3.63) is 139 Å². The van der Waals surface area contributed by atoms with Crippen LogP contribution in [0.15, 0.2) is 139 Å². The molecule has 8 heteroatoms. The zero-order chi connectivity index (χ0) is 30.8. The van der Waals surface area contributed by atoms with Gasteiger partial charge >= 0.3 is 0 Å². The molecule has 1 N–H and O–H groups in total. The Hall–Kier alpha value is -5.60. The minimum absolute atomic E-state index is 0.0421. The highest BCUT2D eigenvalue weighted by atomic mass is 32.2. The number of hydrogen-bond acceptors (Lipinski definition) is 5. The molecule has 7 aromatic rings. The Morgan fingerprint density at radius 3 is 2.29 bits per heavy atom. The van der Waals surface area contributed by atoms with Gasteiger partial charge in [0.2, 0.25) is 17.0 Å². The second kappa shape index (κ2) is 12.2. The molecule has 3 heterocycles. The fourth-order valence-electron chi connectivity index (χ4n) is 5.46. The molecule has 45 heavy (non-hydrogen) atoms. The van der Waals surface area contributed by atoms with Gasteiger partial charge in [-0.3, -0.25) is 9.78 Å². The van der Waals surface area contributed by atoms with E-state index in [1.165, 1.54) is 0 Å². The molecule has 0 aliphatic rings. The van der Waals surface area contributed by atoms with Crippen LogP contribution in [0.4, 0.5) is 5.69 Å². The van der Waals surface area contributed by atoms with Crippen molar-refractivity contribution in [3.63, 3.8) is 0 Å². The summed E-state index contributed by atoms with van der Waals surface area (Å²) in [5.74, 6) is 0.456. The summed E-state index contributed by atoms with van der Waals surface area (Å²) in [5, 5.41) is 1.86. The number of rotatable bonds is 8. The molecule has 0 saturated carbocycles. The Bertz CT molecular complexity index is 2150. The van der Waals surface area contributed by atoms with Crippen molar-refractivity contribution in [3.8, 4) is 28.0 Å². The number of nitrogens with one attached hydrogen (secondary N) is 1. The van der Waals surface area contributed by atoms with E-state index in [0.29, 0.717) is 10.6 Å². The van der Waals surface area contributed by atoms with E-state index in [0.717, 1.165) is 55.6 Å². The van der Waals surface area contributed by atoms with Crippen LogP contribution in [0, 0.1) is 0 Å². The molecule has 0 fully saturated rings. The number of pyridine rings is 2. The molecule has 1 amide bonds. The zero-order valence-electron chi connectivity index (χ0n) is 24.4. The molecule has 0 saturated heterocycles. The third-order valence-electron chi connectivity index (χ3n) is 7.76. The van der Waals surface area contributed by atoms with Gasteiger partial charge in [0.25, 0.3) is 0 Å². The molecular weight excluding hydrogens is 580 g/mol. The topological polar surface area (TPSA) is 88.2 Å². The molecule has 1 unspecified atom stereocenters. The number of carbonyl (C=O) groups excluding carboxylic acids is 1. The van der Waals surface area contributed by atoms with Gasteiger partial charge in [0.1, 0.15) is 11.4 Å². The molecule has 7 rings (SSSR count). The van der Waals surface area contributed by atoms with Crippen LogP contribution in [0.5, 0.6) is 5.75 Å². The summed E-state index contributed by atoms with van der Waals surface area (Å²) in [4.78, 5) is 27.8. The Labute approximate surface area is 262 Å². The number of benzene rings is 4. The molecule has 1 atom stereocenters. The smallest absolute Gasteiger partial charge is 0.240 e. The van der Waals surface area contributed by atoms with Crippen molar-refractivity contribution in [2.24, 2.45) is 0 Å². The van der Waals surface area contributed by atoms with Gasteiger partial charge in [0, 0.05) is 58.2 Å². The van der Waals surface area contributed by atoms with E-state index in [9.17, 15) is 9.00 Å². The zero-order valence-corrected chi connectivity index (χ0v) is 25.2. The monoisotopic (exact) mass is 608 g/mol. The van der Waals surface area contributed by atoms with Crippen LogP contribution in [0.2, 0.25) is 0 Å². The lowest BCUT2D eigenvalue weighted by atomic mass is 9.92. The fourth-order valence-corrected chi connectivity index (χ4v) is 6.22. The Morgan fingerprint density at radius 2 is 1.56 bits per heavy atom. The van der Waals surface area contributed by atoms with E-state index in [2.05, 4.69) is 22.1 Å². The van der Waals surface area contributed by atoms with Gasteiger partial charge in [-0.2, -0.15) is 0 Å². The second-order valence-corrected chi connectivity index (χ2v) is 11.7. The van der Waals surface area contributed by atoms with Crippen molar-refractivity contribution in [1.82, 2.24) is 15.0 Å². The van der Waals surface area contributed by atoms with Crippen LogP contribution in [0.25, 0.3) is 44.2 Å². The average Bonchev–Trinajstić information content (AvgIpc) is 3.47. The Balaban J connectivity index is 1.28. The quantitative estimate of drug-likeness (QED) is 0.191. The first-order chi connectivity index (χ1) is 22.0. The summed E-state index contributed by atoms with van der Waals surface area (Å²) >= 11 is -1.65. The molecular formula is C37H28N4O3S. The molecule has 0 aliphatic carbocycles. The van der Waals surface area contributed by atoms with E-state index >= 15 is 0 Å². The molecule has 4 aromatic carbocycles. The largest absolute Gasteiger partial charge is 0.397 e. The number of H-pyrrole nitrogens is 1. The summed E-state index contributed by atoms with van der Waals surface area (Å²) in [5.41, 5.74) is 7.12. The highest BCUT2D eigenvalue weighted by Gasteiger charge is 2.19. The van der Waals surface area contributed by atoms with Gasteiger partial charge in [-0.05, 0) is 65.7 Å². The predicted octanol–water partition coefficient (Wildman–Crippen LogP) is 7.75. The van der Waals surface area contributed by atoms with Gasteiger partial charge in [0.15, 0.2) is 0 Å². The van der Waals surface area contributed by atoms with Gasteiger partial charge in [-0.25, -0.2) is 9.19 Å². The maximum atomic E-state index is 13.0. The summed E-state index contributed by atoms with van der Waals surface area (Å²) in [7, 11) is 1.78. The number of anilines is 1. The van der Waals surface area contributed by atoms with Gasteiger partial charge in [-0.1, -0.05) is 66.7 Å². The van der Waals surface area contributed by atoms with E-state index in [1.807, 2.05) is 103 Å². The van der Waals surface area contributed by atoms with Gasteiger partial charge < -0.3 is 14.1 Å². The second-order valence-electron chi connectivity index (χ2n) is 10.6. The van der Waals surface area contributed by atoms with Crippen LogP contribution >= 0.6 is 0 Å². The third kappa shape index (κ3) is 5.71. The van der Waals surface area contributed by atoms with Crippen LogP contribution < -0.4 is 9.08 Å². The number of carbonyl (C=O) groups is 1. The Kier molecular flexibility index (Phi) is 7.63. The molecule has 0 spiro atoms. The first-order valence-corrected chi connectivity index (χ1v) is 15.5. The van der Waals surface area contributed by atoms with E-state index in [4.69, 9.17) is 9.17 Å². The molecule has 3 aromatic heterocycles. The lowest BCUT2D eigenvalue weighted by Crippen LogP contribution is -2.28. The predicted molar refractivity (Wildman–Crippen MR) is 179 cm³/mol. The van der Waals surface area contributed by atoms with Crippen molar-refractivity contribution in [1.29, 1.82) is 0 Å². The maximum absolute atomic E-state index is 13.0. The summed E-state index contributed by atoms with van der Waals surface area (Å²) in [6.45, 7) is 0. The fraction of sp³-hybridized carbons (Fsp3) is 0.0541. The van der Waals surface area contributed by atoms with Gasteiger partial charge in [-0.15, -0.1) is 0 Å². The normalized spacial score (nSPS) is 11.8. The molecule has 0 bridgehead atoms.